The van der Waals surface area contributed by atoms with Gasteiger partial charge in [0.1, 0.15) is 17.6 Å². The molecule has 1 aromatic carbocycles. The minimum absolute atomic E-state index is 0.376. The fraction of sp³-hybridized carbons (Fsp3) is 0.0556. The normalized spacial score (nSPS) is 10.1. The largest absolute Gasteiger partial charge is 0.497 e. The third-order valence-corrected chi connectivity index (χ3v) is 3.54. The van der Waals surface area contributed by atoms with Gasteiger partial charge in [-0.2, -0.15) is 5.26 Å². The first-order chi connectivity index (χ1) is 11.2. The summed E-state index contributed by atoms with van der Waals surface area (Å²) in [6.45, 7) is 0. The summed E-state index contributed by atoms with van der Waals surface area (Å²) < 4.78 is 5.15. The van der Waals surface area contributed by atoms with Crippen molar-refractivity contribution in [3.63, 3.8) is 0 Å². The number of nitriles is 1. The molecule has 2 heterocycles. The van der Waals surface area contributed by atoms with E-state index in [1.807, 2.05) is 36.4 Å². The van der Waals surface area contributed by atoms with E-state index in [0.29, 0.717) is 11.4 Å². The van der Waals surface area contributed by atoms with Gasteiger partial charge in [0.15, 0.2) is 0 Å². The maximum absolute atomic E-state index is 9.19. The van der Waals surface area contributed by atoms with Crippen molar-refractivity contribution >= 4 is 5.82 Å². The third kappa shape index (κ3) is 2.83. The Hall–Kier alpha value is -3.39. The molecule has 112 valence electrons. The maximum Gasteiger partial charge on any atom is 0.132 e. The lowest BCUT2D eigenvalue weighted by Crippen LogP contribution is -1.97. The summed E-state index contributed by atoms with van der Waals surface area (Å²) in [6.07, 6.45) is 3.15. The van der Waals surface area contributed by atoms with E-state index in [1.165, 1.54) is 6.20 Å². The van der Waals surface area contributed by atoms with Crippen LogP contribution in [0.5, 0.6) is 5.75 Å². The van der Waals surface area contributed by atoms with Gasteiger partial charge in [-0.1, -0.05) is 0 Å². The Morgan fingerprint density at radius 2 is 1.83 bits per heavy atom. The average molecular weight is 302 g/mol. The van der Waals surface area contributed by atoms with E-state index < -0.39 is 0 Å². The van der Waals surface area contributed by atoms with Crippen LogP contribution >= 0.6 is 0 Å². The van der Waals surface area contributed by atoms with Gasteiger partial charge in [-0.25, -0.2) is 4.98 Å². The summed E-state index contributed by atoms with van der Waals surface area (Å²) in [5.41, 5.74) is 9.74. The van der Waals surface area contributed by atoms with Gasteiger partial charge in [0, 0.05) is 29.1 Å². The molecular weight excluding hydrogens is 288 g/mol. The molecule has 0 amide bonds. The molecular formula is C18H14N4O. The first-order valence-corrected chi connectivity index (χ1v) is 6.98. The fourth-order valence-corrected chi connectivity index (χ4v) is 2.34. The summed E-state index contributed by atoms with van der Waals surface area (Å²) in [6, 6.07) is 15.2. The molecule has 0 unspecified atom stereocenters. The summed E-state index contributed by atoms with van der Waals surface area (Å²) in [7, 11) is 1.63. The lowest BCUT2D eigenvalue weighted by molar-refractivity contribution is 0.415. The monoisotopic (exact) mass is 302 g/mol. The number of aromatic nitrogens is 2. The summed E-state index contributed by atoms with van der Waals surface area (Å²) in [5.74, 6) is 1.16. The van der Waals surface area contributed by atoms with Crippen LogP contribution in [0.3, 0.4) is 0 Å². The lowest BCUT2D eigenvalue weighted by atomic mass is 10.0. The highest BCUT2D eigenvalue weighted by Gasteiger charge is 2.10. The van der Waals surface area contributed by atoms with Crippen molar-refractivity contribution in [1.82, 2.24) is 9.97 Å². The average Bonchev–Trinajstić information content (AvgIpc) is 2.61. The molecule has 5 nitrogen and oxygen atoms in total. The zero-order valence-corrected chi connectivity index (χ0v) is 12.5. The van der Waals surface area contributed by atoms with E-state index in [-0.39, 0.29) is 0 Å². The minimum Gasteiger partial charge on any atom is -0.497 e. The molecule has 3 rings (SSSR count). The predicted molar refractivity (Wildman–Crippen MR) is 88.6 cm³/mol. The van der Waals surface area contributed by atoms with Gasteiger partial charge in [-0.05, 0) is 42.5 Å². The molecule has 0 aliphatic carbocycles. The van der Waals surface area contributed by atoms with Crippen molar-refractivity contribution in [2.45, 2.75) is 0 Å². The first kappa shape index (κ1) is 14.5. The number of nitrogens with two attached hydrogens (primary N) is 1. The summed E-state index contributed by atoms with van der Waals surface area (Å²) >= 11 is 0. The molecule has 5 heteroatoms. The van der Waals surface area contributed by atoms with Crippen LogP contribution in [0.4, 0.5) is 5.82 Å². The SMILES string of the molecule is COc1ccc(-c2ccc(-c3ccncc3C#N)c(N)n2)cc1. The number of rotatable bonds is 3. The van der Waals surface area contributed by atoms with Crippen molar-refractivity contribution in [2.24, 2.45) is 0 Å². The molecule has 0 saturated heterocycles. The molecule has 0 aliphatic rings. The number of hydrogen-bond donors (Lipinski definition) is 1. The van der Waals surface area contributed by atoms with Gasteiger partial charge in [-0.3, -0.25) is 4.98 Å². The Kier molecular flexibility index (Phi) is 3.89. The van der Waals surface area contributed by atoms with Crippen molar-refractivity contribution in [2.75, 3.05) is 12.8 Å². The van der Waals surface area contributed by atoms with Gasteiger partial charge in [0.25, 0.3) is 0 Å². The number of anilines is 1. The second-order valence-electron chi connectivity index (χ2n) is 4.89. The second-order valence-corrected chi connectivity index (χ2v) is 4.89. The molecule has 0 radical (unpaired) electrons. The van der Waals surface area contributed by atoms with Gasteiger partial charge >= 0.3 is 0 Å². The van der Waals surface area contributed by atoms with Crippen molar-refractivity contribution < 1.29 is 4.74 Å². The fourth-order valence-electron chi connectivity index (χ4n) is 2.34. The molecule has 0 atom stereocenters. The summed E-state index contributed by atoms with van der Waals surface area (Å²) in [4.78, 5) is 8.42. The van der Waals surface area contributed by atoms with E-state index in [0.717, 1.165) is 28.1 Å². The number of benzene rings is 1. The van der Waals surface area contributed by atoms with E-state index in [9.17, 15) is 5.26 Å². The highest BCUT2D eigenvalue weighted by molar-refractivity contribution is 5.79. The van der Waals surface area contributed by atoms with E-state index in [2.05, 4.69) is 16.0 Å². The minimum atomic E-state index is 0.376. The number of ether oxygens (including phenoxy) is 1. The van der Waals surface area contributed by atoms with Crippen LogP contribution in [0.15, 0.2) is 54.9 Å². The number of nitrogen functional groups attached to an aromatic ring is 1. The zero-order chi connectivity index (χ0) is 16.2. The van der Waals surface area contributed by atoms with Gasteiger partial charge in [0.2, 0.25) is 0 Å². The van der Waals surface area contributed by atoms with Crippen LogP contribution in [0, 0.1) is 11.3 Å². The molecule has 0 bridgehead atoms. The molecule has 0 saturated carbocycles. The quantitative estimate of drug-likeness (QED) is 0.802. The van der Waals surface area contributed by atoms with Crippen LogP contribution in [-0.4, -0.2) is 17.1 Å². The van der Waals surface area contributed by atoms with Gasteiger partial charge in [-0.15, -0.1) is 0 Å². The summed E-state index contributed by atoms with van der Waals surface area (Å²) in [5, 5.41) is 9.19. The van der Waals surface area contributed by atoms with Gasteiger partial charge in [0.05, 0.1) is 18.4 Å². The topological polar surface area (TPSA) is 84.8 Å². The Labute approximate surface area is 134 Å². The second kappa shape index (κ2) is 6.16. The molecule has 0 fully saturated rings. The standard InChI is InChI=1S/C18H14N4O/c1-23-14-4-2-12(3-5-14)17-7-6-16(18(20)22-17)15-8-9-21-11-13(15)10-19/h2-9,11H,1H3,(H2,20,22). The maximum atomic E-state index is 9.19. The number of hydrogen-bond acceptors (Lipinski definition) is 5. The Bertz CT molecular complexity index is 882. The Morgan fingerprint density at radius 1 is 1.04 bits per heavy atom. The first-order valence-electron chi connectivity index (χ1n) is 6.98. The van der Waals surface area contributed by atoms with Crippen LogP contribution in [0.25, 0.3) is 22.4 Å². The van der Waals surface area contributed by atoms with Crippen molar-refractivity contribution in [1.29, 1.82) is 5.26 Å². The van der Waals surface area contributed by atoms with Crippen molar-refractivity contribution in [3.05, 3.63) is 60.4 Å². The van der Waals surface area contributed by atoms with E-state index >= 15 is 0 Å². The number of methoxy groups -OCH3 is 1. The molecule has 0 spiro atoms. The van der Waals surface area contributed by atoms with Crippen LogP contribution in [0.2, 0.25) is 0 Å². The third-order valence-electron chi connectivity index (χ3n) is 3.54. The predicted octanol–water partition coefficient (Wildman–Crippen LogP) is 3.27. The molecule has 23 heavy (non-hydrogen) atoms. The van der Waals surface area contributed by atoms with Crippen molar-refractivity contribution in [3.8, 4) is 34.2 Å². The van der Waals surface area contributed by atoms with E-state index in [1.54, 1.807) is 19.4 Å². The van der Waals surface area contributed by atoms with Crippen LogP contribution < -0.4 is 10.5 Å². The zero-order valence-electron chi connectivity index (χ0n) is 12.5. The molecule has 3 aromatic rings. The highest BCUT2D eigenvalue weighted by Crippen LogP contribution is 2.30. The molecule has 2 aromatic heterocycles. The molecule has 2 N–H and O–H groups in total. The molecule has 0 aliphatic heterocycles. The Morgan fingerprint density at radius 3 is 2.48 bits per heavy atom. The number of nitrogens with zero attached hydrogens (tertiary/aromatic N) is 3. The number of pyridine rings is 2. The van der Waals surface area contributed by atoms with Crippen LogP contribution in [-0.2, 0) is 0 Å². The lowest BCUT2D eigenvalue weighted by Gasteiger charge is -2.09. The van der Waals surface area contributed by atoms with Gasteiger partial charge < -0.3 is 10.5 Å². The van der Waals surface area contributed by atoms with Crippen LogP contribution in [0.1, 0.15) is 5.56 Å². The highest BCUT2D eigenvalue weighted by atomic mass is 16.5. The Balaban J connectivity index is 2.02. The van der Waals surface area contributed by atoms with E-state index in [4.69, 9.17) is 10.5 Å². The smallest absolute Gasteiger partial charge is 0.132 e.